The van der Waals surface area contributed by atoms with Gasteiger partial charge in [-0.3, -0.25) is 14.2 Å². The molecule has 112 valence electrons. The van der Waals surface area contributed by atoms with Gasteiger partial charge in [-0.2, -0.15) is 0 Å². The number of carbonyl (C=O) groups is 1. The van der Waals surface area contributed by atoms with Gasteiger partial charge in [-0.1, -0.05) is 27.3 Å². The number of likely N-dealkylation sites (N-methyl/N-ethyl adjacent to an activating group) is 1. The van der Waals surface area contributed by atoms with Gasteiger partial charge in [-0.05, 0) is 25.1 Å². The highest BCUT2D eigenvalue weighted by molar-refractivity contribution is 9.10. The van der Waals surface area contributed by atoms with Crippen LogP contribution in [0.3, 0.4) is 0 Å². The van der Waals surface area contributed by atoms with Gasteiger partial charge in [0.1, 0.15) is 12.4 Å². The third-order valence-corrected chi connectivity index (χ3v) is 4.49. The number of carbonyl (C=O) groups excluding carboxylic acids is 1. The minimum atomic E-state index is -0.360. The quantitative estimate of drug-likeness (QED) is 0.827. The number of benzene rings is 1. The van der Waals surface area contributed by atoms with Crippen molar-refractivity contribution in [3.05, 3.63) is 54.8 Å². The topological polar surface area (TPSA) is 42.3 Å². The number of halogens is 2. The van der Waals surface area contributed by atoms with Gasteiger partial charge in [0.15, 0.2) is 0 Å². The second-order valence-electron chi connectivity index (χ2n) is 4.71. The maximum Gasteiger partial charge on any atom is 0.307 e. The highest BCUT2D eigenvalue weighted by Crippen LogP contribution is 2.17. The molecule has 7 heteroatoms. The largest absolute Gasteiger partial charge is 0.340 e. The molecule has 1 aromatic carbocycles. The lowest BCUT2D eigenvalue weighted by atomic mass is 10.2. The first kappa shape index (κ1) is 15.9. The van der Waals surface area contributed by atoms with Gasteiger partial charge in [-0.15, -0.1) is 0 Å². The molecular weight excluding hydrogens is 359 g/mol. The summed E-state index contributed by atoms with van der Waals surface area (Å²) in [6, 6.07) is 4.60. The van der Waals surface area contributed by atoms with Crippen molar-refractivity contribution in [2.75, 3.05) is 7.05 Å². The SMILES string of the molecule is Cc1csc(=O)n1CC(=O)N(C)Cc1cc(Br)ccc1F. The normalized spacial score (nSPS) is 10.7. The second kappa shape index (κ2) is 6.53. The molecule has 1 heterocycles. The smallest absolute Gasteiger partial charge is 0.307 e. The van der Waals surface area contributed by atoms with Crippen LogP contribution in [-0.4, -0.2) is 22.4 Å². The van der Waals surface area contributed by atoms with Crippen LogP contribution in [0.1, 0.15) is 11.3 Å². The molecule has 2 rings (SSSR count). The number of amides is 1. The molecular formula is C14H14BrFN2O2S. The first-order valence-electron chi connectivity index (χ1n) is 6.21. The van der Waals surface area contributed by atoms with E-state index in [1.807, 2.05) is 0 Å². The Kier molecular flexibility index (Phi) is 4.95. The van der Waals surface area contributed by atoms with Gasteiger partial charge in [0.05, 0.1) is 0 Å². The van der Waals surface area contributed by atoms with Crippen LogP contribution < -0.4 is 4.87 Å². The van der Waals surface area contributed by atoms with Crippen LogP contribution in [0.25, 0.3) is 0 Å². The van der Waals surface area contributed by atoms with E-state index >= 15 is 0 Å². The van der Waals surface area contributed by atoms with E-state index in [0.717, 1.165) is 21.5 Å². The number of rotatable bonds is 4. The lowest BCUT2D eigenvalue weighted by molar-refractivity contribution is -0.131. The summed E-state index contributed by atoms with van der Waals surface area (Å²) in [5.74, 6) is -0.597. The Bertz CT molecular complexity index is 726. The highest BCUT2D eigenvalue weighted by atomic mass is 79.9. The lowest BCUT2D eigenvalue weighted by Crippen LogP contribution is -2.32. The van der Waals surface area contributed by atoms with Crippen molar-refractivity contribution in [1.82, 2.24) is 9.47 Å². The van der Waals surface area contributed by atoms with Crippen LogP contribution in [-0.2, 0) is 17.9 Å². The van der Waals surface area contributed by atoms with E-state index in [4.69, 9.17) is 0 Å². The van der Waals surface area contributed by atoms with Gasteiger partial charge in [-0.25, -0.2) is 4.39 Å². The summed E-state index contributed by atoms with van der Waals surface area (Å²) in [5, 5.41) is 1.71. The molecule has 0 fully saturated rings. The molecule has 21 heavy (non-hydrogen) atoms. The Hall–Kier alpha value is -1.47. The van der Waals surface area contributed by atoms with Crippen molar-refractivity contribution in [3.8, 4) is 0 Å². The lowest BCUT2D eigenvalue weighted by Gasteiger charge is -2.18. The Labute approximate surface area is 133 Å². The fourth-order valence-corrected chi connectivity index (χ4v) is 3.00. The molecule has 0 aliphatic carbocycles. The van der Waals surface area contributed by atoms with E-state index < -0.39 is 0 Å². The molecule has 0 radical (unpaired) electrons. The summed E-state index contributed by atoms with van der Waals surface area (Å²) in [6.07, 6.45) is 0. The number of hydrogen-bond acceptors (Lipinski definition) is 3. The molecule has 0 unspecified atom stereocenters. The van der Waals surface area contributed by atoms with E-state index in [9.17, 15) is 14.0 Å². The predicted octanol–water partition coefficient (Wildman–Crippen LogP) is 2.78. The molecule has 0 atom stereocenters. The summed E-state index contributed by atoms with van der Waals surface area (Å²) >= 11 is 4.34. The summed E-state index contributed by atoms with van der Waals surface area (Å²) in [4.78, 5) is 25.0. The molecule has 4 nitrogen and oxygen atoms in total. The molecule has 1 amide bonds. The van der Waals surface area contributed by atoms with E-state index in [0.29, 0.717) is 5.56 Å². The third kappa shape index (κ3) is 3.79. The molecule has 1 aromatic heterocycles. The fraction of sp³-hybridized carbons (Fsp3) is 0.286. The number of nitrogens with zero attached hydrogens (tertiary/aromatic N) is 2. The van der Waals surface area contributed by atoms with E-state index in [2.05, 4.69) is 15.9 Å². The van der Waals surface area contributed by atoms with Crippen LogP contribution in [0, 0.1) is 12.7 Å². The molecule has 0 saturated carbocycles. The van der Waals surface area contributed by atoms with Gasteiger partial charge in [0, 0.05) is 34.7 Å². The van der Waals surface area contributed by atoms with Crippen LogP contribution in [0.4, 0.5) is 4.39 Å². The zero-order valence-corrected chi connectivity index (χ0v) is 14.0. The Morgan fingerprint density at radius 1 is 1.48 bits per heavy atom. The summed E-state index contributed by atoms with van der Waals surface area (Å²) in [7, 11) is 1.59. The Balaban J connectivity index is 2.10. The van der Waals surface area contributed by atoms with Gasteiger partial charge >= 0.3 is 4.87 Å². The molecule has 0 aliphatic rings. The first-order valence-corrected chi connectivity index (χ1v) is 7.88. The fourth-order valence-electron chi connectivity index (χ4n) is 1.86. The standard InChI is InChI=1S/C14H14BrFN2O2S/c1-9-8-21-14(20)18(9)7-13(19)17(2)6-10-5-11(15)3-4-12(10)16/h3-5,8H,6-7H2,1-2H3. The monoisotopic (exact) mass is 372 g/mol. The maximum absolute atomic E-state index is 13.7. The zero-order valence-electron chi connectivity index (χ0n) is 11.6. The van der Waals surface area contributed by atoms with Gasteiger partial charge in [0.2, 0.25) is 5.91 Å². The highest BCUT2D eigenvalue weighted by Gasteiger charge is 2.14. The zero-order chi connectivity index (χ0) is 15.6. The molecule has 0 aliphatic heterocycles. The minimum absolute atomic E-state index is 0.0275. The average Bonchev–Trinajstić information content (AvgIpc) is 2.74. The summed E-state index contributed by atoms with van der Waals surface area (Å²) in [5.41, 5.74) is 1.18. The van der Waals surface area contributed by atoms with E-state index in [1.54, 1.807) is 31.5 Å². The van der Waals surface area contributed by atoms with Crippen LogP contribution in [0.5, 0.6) is 0 Å². The number of aryl methyl sites for hydroxylation is 1. The Morgan fingerprint density at radius 3 is 2.81 bits per heavy atom. The molecule has 2 aromatic rings. The van der Waals surface area contributed by atoms with Crippen molar-refractivity contribution in [2.24, 2.45) is 0 Å². The number of aromatic nitrogens is 1. The molecule has 0 N–H and O–H groups in total. The van der Waals surface area contributed by atoms with Crippen molar-refractivity contribution >= 4 is 33.2 Å². The van der Waals surface area contributed by atoms with Crippen molar-refractivity contribution in [1.29, 1.82) is 0 Å². The predicted molar refractivity (Wildman–Crippen MR) is 83.9 cm³/mol. The van der Waals surface area contributed by atoms with Crippen LogP contribution in [0.15, 0.2) is 32.8 Å². The van der Waals surface area contributed by atoms with E-state index in [1.165, 1.54) is 15.5 Å². The summed E-state index contributed by atoms with van der Waals surface area (Å²) < 4.78 is 15.9. The Morgan fingerprint density at radius 2 is 2.19 bits per heavy atom. The van der Waals surface area contributed by atoms with Gasteiger partial charge < -0.3 is 4.90 Å². The maximum atomic E-state index is 13.7. The van der Waals surface area contributed by atoms with Crippen molar-refractivity contribution in [3.63, 3.8) is 0 Å². The summed E-state index contributed by atoms with van der Waals surface area (Å²) in [6.45, 7) is 1.90. The van der Waals surface area contributed by atoms with E-state index in [-0.39, 0.29) is 29.7 Å². The third-order valence-electron chi connectivity index (χ3n) is 3.11. The van der Waals surface area contributed by atoms with Crippen molar-refractivity contribution < 1.29 is 9.18 Å². The minimum Gasteiger partial charge on any atom is -0.340 e. The number of thiazole rings is 1. The average molecular weight is 373 g/mol. The van der Waals surface area contributed by atoms with Crippen LogP contribution >= 0.6 is 27.3 Å². The second-order valence-corrected chi connectivity index (χ2v) is 6.45. The molecule has 0 spiro atoms. The molecule has 0 bridgehead atoms. The number of hydrogen-bond donors (Lipinski definition) is 0. The van der Waals surface area contributed by atoms with Crippen molar-refractivity contribution in [2.45, 2.75) is 20.0 Å². The van der Waals surface area contributed by atoms with Gasteiger partial charge in [0.25, 0.3) is 0 Å². The molecule has 0 saturated heterocycles. The first-order chi connectivity index (χ1) is 9.88. The van der Waals surface area contributed by atoms with Crippen LogP contribution in [0.2, 0.25) is 0 Å².